The van der Waals surface area contributed by atoms with Crippen LogP contribution in [0.4, 0.5) is 4.79 Å². The molecule has 9 heteroatoms. The molecule has 3 heterocycles. The first-order valence-corrected chi connectivity index (χ1v) is 8.61. The largest absolute Gasteiger partial charge is 0.469 e. The molecule has 2 unspecified atom stereocenters. The molecule has 0 aromatic carbocycles. The molecular formula is C17H23N5O4. The third-order valence-corrected chi connectivity index (χ3v) is 4.67. The summed E-state index contributed by atoms with van der Waals surface area (Å²) in [4.78, 5) is 44.9. The van der Waals surface area contributed by atoms with E-state index < -0.39 is 12.2 Å². The number of urea groups is 1. The average Bonchev–Trinajstić information content (AvgIpc) is 3.28. The minimum absolute atomic E-state index is 0.0383. The zero-order valence-electron chi connectivity index (χ0n) is 14.9. The minimum atomic E-state index is -0.510. The lowest BCUT2D eigenvalue weighted by molar-refractivity contribution is -0.136. The van der Waals surface area contributed by atoms with Crippen LogP contribution in [0.3, 0.4) is 0 Å². The average molecular weight is 361 g/mol. The van der Waals surface area contributed by atoms with Gasteiger partial charge in [-0.3, -0.25) is 14.5 Å². The van der Waals surface area contributed by atoms with Gasteiger partial charge in [0.15, 0.2) is 12.2 Å². The summed E-state index contributed by atoms with van der Waals surface area (Å²) >= 11 is 0. The molecule has 0 bridgehead atoms. The SMILES string of the molecule is CN1C(=O)C2C(N=CN2CCCC(=O)NCCc2ccco2)N(C)C1=O. The molecule has 3 rings (SSSR count). The standard InChI is InChI=1S/C17H23N5O4/c1-20-15-14(16(24)21(2)17(20)25)22(11-19-15)9-3-6-13(23)18-8-7-12-5-4-10-26-12/h4-5,10-11,14-15H,3,6-9H2,1-2H3,(H,18,23). The lowest BCUT2D eigenvalue weighted by Gasteiger charge is -2.39. The van der Waals surface area contributed by atoms with Gasteiger partial charge in [-0.1, -0.05) is 0 Å². The molecule has 2 aliphatic rings. The maximum atomic E-state index is 12.4. The zero-order valence-corrected chi connectivity index (χ0v) is 14.9. The van der Waals surface area contributed by atoms with Crippen molar-refractivity contribution in [2.45, 2.75) is 31.5 Å². The van der Waals surface area contributed by atoms with Gasteiger partial charge in [0.05, 0.1) is 12.6 Å². The minimum Gasteiger partial charge on any atom is -0.469 e. The Morgan fingerprint density at radius 2 is 2.15 bits per heavy atom. The van der Waals surface area contributed by atoms with Crippen LogP contribution in [0.2, 0.25) is 0 Å². The predicted molar refractivity (Wildman–Crippen MR) is 93.4 cm³/mol. The molecule has 0 saturated carbocycles. The highest BCUT2D eigenvalue weighted by molar-refractivity contribution is 6.01. The van der Waals surface area contributed by atoms with Crippen molar-refractivity contribution in [3.8, 4) is 0 Å². The van der Waals surface area contributed by atoms with Crippen LogP contribution in [-0.4, -0.2) is 78.3 Å². The number of nitrogens with one attached hydrogen (secondary N) is 1. The zero-order chi connectivity index (χ0) is 18.7. The molecule has 2 aliphatic heterocycles. The molecule has 1 fully saturated rings. The van der Waals surface area contributed by atoms with Gasteiger partial charge in [0.25, 0.3) is 5.91 Å². The predicted octanol–water partition coefficient (Wildman–Crippen LogP) is 0.281. The third kappa shape index (κ3) is 3.56. The second-order valence-electron chi connectivity index (χ2n) is 6.43. The van der Waals surface area contributed by atoms with Crippen molar-refractivity contribution >= 4 is 24.2 Å². The maximum absolute atomic E-state index is 12.4. The molecule has 4 amide bonds. The molecule has 140 valence electrons. The summed E-state index contributed by atoms with van der Waals surface area (Å²) in [6.07, 6.45) is 4.33. The Bertz CT molecular complexity index is 702. The number of furan rings is 1. The highest BCUT2D eigenvalue weighted by atomic mass is 16.3. The quantitative estimate of drug-likeness (QED) is 0.752. The first kappa shape index (κ1) is 18.0. The Labute approximate surface area is 151 Å². The van der Waals surface area contributed by atoms with Gasteiger partial charge in [0, 0.05) is 40.0 Å². The highest BCUT2D eigenvalue weighted by Gasteiger charge is 2.48. The van der Waals surface area contributed by atoms with E-state index in [1.807, 2.05) is 17.0 Å². The molecule has 0 spiro atoms. The Hall–Kier alpha value is -2.84. The van der Waals surface area contributed by atoms with E-state index in [9.17, 15) is 14.4 Å². The van der Waals surface area contributed by atoms with Crippen LogP contribution in [0.5, 0.6) is 0 Å². The molecule has 1 aromatic rings. The number of aliphatic imine (C=N–C) groups is 1. The summed E-state index contributed by atoms with van der Waals surface area (Å²) in [5, 5.41) is 2.85. The fourth-order valence-corrected chi connectivity index (χ4v) is 3.19. The first-order chi connectivity index (χ1) is 12.5. The molecule has 0 radical (unpaired) electrons. The van der Waals surface area contributed by atoms with Crippen molar-refractivity contribution in [3.05, 3.63) is 24.2 Å². The van der Waals surface area contributed by atoms with Crippen molar-refractivity contribution in [1.29, 1.82) is 0 Å². The number of carbonyl (C=O) groups excluding carboxylic acids is 3. The van der Waals surface area contributed by atoms with Crippen LogP contribution in [-0.2, 0) is 16.0 Å². The summed E-state index contributed by atoms with van der Waals surface area (Å²) < 4.78 is 5.21. The monoisotopic (exact) mass is 361 g/mol. The summed E-state index contributed by atoms with van der Waals surface area (Å²) in [5.74, 6) is 0.533. The number of imide groups is 1. The van der Waals surface area contributed by atoms with E-state index in [1.54, 1.807) is 19.6 Å². The molecule has 9 nitrogen and oxygen atoms in total. The smallest absolute Gasteiger partial charge is 0.328 e. The summed E-state index contributed by atoms with van der Waals surface area (Å²) in [6, 6.07) is 2.82. The van der Waals surface area contributed by atoms with Gasteiger partial charge >= 0.3 is 6.03 Å². The van der Waals surface area contributed by atoms with Crippen molar-refractivity contribution < 1.29 is 18.8 Å². The van der Waals surface area contributed by atoms with Crippen LogP contribution in [0, 0.1) is 0 Å². The van der Waals surface area contributed by atoms with Crippen molar-refractivity contribution in [2.75, 3.05) is 27.2 Å². The number of rotatable bonds is 7. The van der Waals surface area contributed by atoms with E-state index in [1.165, 1.54) is 11.9 Å². The van der Waals surface area contributed by atoms with Crippen LogP contribution in [0.15, 0.2) is 27.8 Å². The Morgan fingerprint density at radius 3 is 2.88 bits per heavy atom. The number of nitrogens with zero attached hydrogens (tertiary/aromatic N) is 4. The van der Waals surface area contributed by atoms with E-state index in [4.69, 9.17) is 4.42 Å². The van der Waals surface area contributed by atoms with E-state index >= 15 is 0 Å². The Morgan fingerprint density at radius 1 is 1.35 bits per heavy atom. The molecule has 0 aliphatic carbocycles. The van der Waals surface area contributed by atoms with Gasteiger partial charge in [-0.05, 0) is 18.6 Å². The van der Waals surface area contributed by atoms with Crippen molar-refractivity contribution in [3.63, 3.8) is 0 Å². The van der Waals surface area contributed by atoms with Gasteiger partial charge in [-0.2, -0.15) is 0 Å². The molecule has 1 aromatic heterocycles. The number of carbonyl (C=O) groups is 3. The Balaban J connectivity index is 1.42. The second kappa shape index (κ2) is 7.59. The lowest BCUT2D eigenvalue weighted by atomic mass is 10.1. The van der Waals surface area contributed by atoms with Gasteiger partial charge in [0.1, 0.15) is 5.76 Å². The van der Waals surface area contributed by atoms with Gasteiger partial charge in [-0.25, -0.2) is 9.79 Å². The Kier molecular flexibility index (Phi) is 5.24. The number of fused-ring (bicyclic) bond motifs is 1. The normalized spacial score (nSPS) is 22.2. The summed E-state index contributed by atoms with van der Waals surface area (Å²) in [6.45, 7) is 1.05. The number of hydrogen-bond acceptors (Lipinski definition) is 6. The molecular weight excluding hydrogens is 338 g/mol. The number of hydrogen-bond donors (Lipinski definition) is 1. The molecule has 26 heavy (non-hydrogen) atoms. The van der Waals surface area contributed by atoms with Crippen LogP contribution >= 0.6 is 0 Å². The van der Waals surface area contributed by atoms with Crippen molar-refractivity contribution in [1.82, 2.24) is 20.0 Å². The first-order valence-electron chi connectivity index (χ1n) is 8.61. The van der Waals surface area contributed by atoms with Gasteiger partial charge in [-0.15, -0.1) is 0 Å². The topological polar surface area (TPSA) is 98.5 Å². The van der Waals surface area contributed by atoms with Crippen LogP contribution in [0.1, 0.15) is 18.6 Å². The van der Waals surface area contributed by atoms with E-state index in [0.717, 1.165) is 10.7 Å². The highest BCUT2D eigenvalue weighted by Crippen LogP contribution is 2.24. The third-order valence-electron chi connectivity index (χ3n) is 4.67. The van der Waals surface area contributed by atoms with E-state index in [2.05, 4.69) is 10.3 Å². The van der Waals surface area contributed by atoms with E-state index in [0.29, 0.717) is 32.4 Å². The van der Waals surface area contributed by atoms with Crippen LogP contribution < -0.4 is 5.32 Å². The molecule has 1 N–H and O–H groups in total. The molecule has 2 atom stereocenters. The molecule has 1 saturated heterocycles. The maximum Gasteiger partial charge on any atom is 0.328 e. The van der Waals surface area contributed by atoms with E-state index in [-0.39, 0.29) is 17.8 Å². The van der Waals surface area contributed by atoms with Crippen LogP contribution in [0.25, 0.3) is 0 Å². The number of amides is 4. The fraction of sp³-hybridized carbons (Fsp3) is 0.529. The van der Waals surface area contributed by atoms with Gasteiger partial charge < -0.3 is 19.5 Å². The van der Waals surface area contributed by atoms with Crippen molar-refractivity contribution in [2.24, 2.45) is 4.99 Å². The second-order valence-corrected chi connectivity index (χ2v) is 6.43. The summed E-state index contributed by atoms with van der Waals surface area (Å²) in [5.41, 5.74) is 0. The lowest BCUT2D eigenvalue weighted by Crippen LogP contribution is -2.63. The fourth-order valence-electron chi connectivity index (χ4n) is 3.19. The summed E-state index contributed by atoms with van der Waals surface area (Å²) in [7, 11) is 3.11. The van der Waals surface area contributed by atoms with Gasteiger partial charge in [0.2, 0.25) is 5.91 Å². The number of likely N-dealkylation sites (N-methyl/N-ethyl adjacent to an activating group) is 2.